The van der Waals surface area contributed by atoms with Crippen molar-refractivity contribution in [2.75, 3.05) is 17.3 Å². The number of amides is 1. The second kappa shape index (κ2) is 9.74. The summed E-state index contributed by atoms with van der Waals surface area (Å²) in [5, 5.41) is 3.34. The van der Waals surface area contributed by atoms with Crippen LogP contribution in [0.2, 0.25) is 0 Å². The van der Waals surface area contributed by atoms with Crippen LogP contribution in [0.1, 0.15) is 28.3 Å². The Morgan fingerprint density at radius 1 is 0.889 bits per heavy atom. The maximum Gasteiger partial charge on any atom is 0.258 e. The fourth-order valence-corrected chi connectivity index (χ4v) is 4.49. The maximum absolute atomic E-state index is 14.8. The fourth-order valence-electron chi connectivity index (χ4n) is 4.49. The van der Waals surface area contributed by atoms with Gasteiger partial charge in [0.2, 0.25) is 0 Å². The van der Waals surface area contributed by atoms with Crippen LogP contribution in [0.25, 0.3) is 0 Å². The Hall–Kier alpha value is -4.32. The largest absolute Gasteiger partial charge is 0.496 e. The van der Waals surface area contributed by atoms with Gasteiger partial charge in [-0.3, -0.25) is 9.69 Å². The van der Waals surface area contributed by atoms with Crippen molar-refractivity contribution in [3.8, 4) is 11.5 Å². The molecule has 0 aromatic heterocycles. The molecule has 0 radical (unpaired) electrons. The molecule has 1 aliphatic heterocycles. The molecule has 0 saturated carbocycles. The summed E-state index contributed by atoms with van der Waals surface area (Å²) in [6, 6.07) is 24.5. The van der Waals surface area contributed by atoms with E-state index in [2.05, 4.69) is 5.32 Å². The van der Waals surface area contributed by atoms with Crippen molar-refractivity contribution in [3.63, 3.8) is 0 Å². The van der Waals surface area contributed by atoms with E-state index in [-0.39, 0.29) is 18.2 Å². The standard InChI is InChI=1S/C30H27FN2O3/c1-19-9-8-14-27(20(19)2)36-18-22-17-21(15-16-28(22)35-3)29-30(34)33(25-12-6-4-10-23(25)31)26-13-7-5-11-24(26)32-29/h4-17,29,32H,18H2,1-3H3. The number of carbonyl (C=O) groups is 1. The monoisotopic (exact) mass is 482 g/mol. The SMILES string of the molecule is COc1ccc(C2Nc3ccccc3N(c3ccccc3F)C2=O)cc1COc1cccc(C)c1C. The van der Waals surface area contributed by atoms with Gasteiger partial charge in [-0.05, 0) is 73.0 Å². The maximum atomic E-state index is 14.8. The number of anilines is 3. The average Bonchev–Trinajstić information content (AvgIpc) is 2.90. The van der Waals surface area contributed by atoms with Crippen molar-refractivity contribution in [2.45, 2.75) is 26.5 Å². The van der Waals surface area contributed by atoms with E-state index in [1.54, 1.807) is 31.4 Å². The van der Waals surface area contributed by atoms with E-state index in [4.69, 9.17) is 9.47 Å². The van der Waals surface area contributed by atoms with Crippen LogP contribution in [-0.4, -0.2) is 13.0 Å². The lowest BCUT2D eigenvalue weighted by molar-refractivity contribution is -0.119. The van der Waals surface area contributed by atoms with Gasteiger partial charge in [0, 0.05) is 5.56 Å². The first-order valence-electron chi connectivity index (χ1n) is 11.8. The van der Waals surface area contributed by atoms with Gasteiger partial charge in [-0.2, -0.15) is 0 Å². The molecule has 1 heterocycles. The highest BCUT2D eigenvalue weighted by atomic mass is 19.1. The lowest BCUT2D eigenvalue weighted by Gasteiger charge is -2.35. The highest BCUT2D eigenvalue weighted by Gasteiger charge is 2.35. The molecule has 6 heteroatoms. The minimum Gasteiger partial charge on any atom is -0.496 e. The molecule has 36 heavy (non-hydrogen) atoms. The second-order valence-electron chi connectivity index (χ2n) is 8.78. The predicted molar refractivity (Wildman–Crippen MR) is 140 cm³/mol. The highest BCUT2D eigenvalue weighted by molar-refractivity contribution is 6.10. The Kier molecular flexibility index (Phi) is 6.34. The number of hydrogen-bond donors (Lipinski definition) is 1. The normalized spacial score (nSPS) is 14.7. The van der Waals surface area contributed by atoms with Crippen LogP contribution in [0.3, 0.4) is 0 Å². The number of para-hydroxylation sites is 3. The molecule has 4 aromatic rings. The summed E-state index contributed by atoms with van der Waals surface area (Å²) >= 11 is 0. The first-order valence-corrected chi connectivity index (χ1v) is 11.8. The minimum atomic E-state index is -0.718. The molecule has 0 saturated heterocycles. The molecule has 5 rings (SSSR count). The molecule has 1 N–H and O–H groups in total. The summed E-state index contributed by atoms with van der Waals surface area (Å²) < 4.78 is 26.5. The van der Waals surface area contributed by atoms with E-state index in [9.17, 15) is 9.18 Å². The first-order chi connectivity index (χ1) is 17.5. The van der Waals surface area contributed by atoms with Gasteiger partial charge in [-0.25, -0.2) is 4.39 Å². The number of ether oxygens (including phenoxy) is 2. The number of nitrogens with one attached hydrogen (secondary N) is 1. The molecular formula is C30H27FN2O3. The molecule has 1 aliphatic rings. The molecule has 1 amide bonds. The van der Waals surface area contributed by atoms with Gasteiger partial charge in [-0.1, -0.05) is 42.5 Å². The van der Waals surface area contributed by atoms with Gasteiger partial charge < -0.3 is 14.8 Å². The molecule has 0 bridgehead atoms. The van der Waals surface area contributed by atoms with Crippen LogP contribution >= 0.6 is 0 Å². The molecule has 0 aliphatic carbocycles. The van der Waals surface area contributed by atoms with Crippen molar-refractivity contribution in [1.82, 2.24) is 0 Å². The molecule has 1 unspecified atom stereocenters. The number of hydrogen-bond acceptors (Lipinski definition) is 4. The minimum absolute atomic E-state index is 0.216. The lowest BCUT2D eigenvalue weighted by atomic mass is 9.98. The Morgan fingerprint density at radius 3 is 2.42 bits per heavy atom. The Labute approximate surface area is 210 Å². The van der Waals surface area contributed by atoms with Crippen LogP contribution < -0.4 is 19.7 Å². The summed E-state index contributed by atoms with van der Waals surface area (Å²) in [5.41, 5.74) is 5.34. The van der Waals surface area contributed by atoms with Gasteiger partial charge in [-0.15, -0.1) is 0 Å². The summed E-state index contributed by atoms with van der Waals surface area (Å²) in [5.74, 6) is 0.733. The van der Waals surface area contributed by atoms with Gasteiger partial charge >= 0.3 is 0 Å². The van der Waals surface area contributed by atoms with Crippen LogP contribution in [-0.2, 0) is 11.4 Å². The third-order valence-corrected chi connectivity index (χ3v) is 6.58. The van der Waals surface area contributed by atoms with Gasteiger partial charge in [0.15, 0.2) is 0 Å². The molecule has 4 aromatic carbocycles. The summed E-state index contributed by atoms with van der Waals surface area (Å²) in [4.78, 5) is 15.2. The van der Waals surface area contributed by atoms with Crippen molar-refractivity contribution in [3.05, 3.63) is 113 Å². The summed E-state index contributed by atoms with van der Waals surface area (Å²) in [7, 11) is 1.61. The summed E-state index contributed by atoms with van der Waals surface area (Å²) in [6.07, 6.45) is 0. The molecule has 1 atom stereocenters. The number of rotatable bonds is 6. The third-order valence-electron chi connectivity index (χ3n) is 6.58. The van der Waals surface area contributed by atoms with Crippen LogP contribution in [0.5, 0.6) is 11.5 Å². The van der Waals surface area contributed by atoms with Gasteiger partial charge in [0.05, 0.1) is 24.2 Å². The third kappa shape index (κ3) is 4.26. The number of nitrogens with zero attached hydrogens (tertiary/aromatic N) is 1. The van der Waals surface area contributed by atoms with Crippen molar-refractivity contribution in [1.29, 1.82) is 0 Å². The summed E-state index contributed by atoms with van der Waals surface area (Å²) in [6.45, 7) is 4.34. The first kappa shape index (κ1) is 23.4. The van der Waals surface area contributed by atoms with E-state index >= 15 is 0 Å². The predicted octanol–water partition coefficient (Wildman–Crippen LogP) is 6.86. The molecule has 0 spiro atoms. The number of carbonyl (C=O) groups excluding carboxylic acids is 1. The highest BCUT2D eigenvalue weighted by Crippen LogP contribution is 2.42. The second-order valence-corrected chi connectivity index (χ2v) is 8.78. The smallest absolute Gasteiger partial charge is 0.258 e. The van der Waals surface area contributed by atoms with E-state index in [0.717, 1.165) is 33.7 Å². The number of benzene rings is 4. The van der Waals surface area contributed by atoms with Crippen molar-refractivity contribution < 1.29 is 18.7 Å². The van der Waals surface area contributed by atoms with E-state index in [1.165, 1.54) is 11.0 Å². The quantitative estimate of drug-likeness (QED) is 0.326. The van der Waals surface area contributed by atoms with Crippen LogP contribution in [0.4, 0.5) is 21.5 Å². The van der Waals surface area contributed by atoms with Crippen LogP contribution in [0, 0.1) is 19.7 Å². The zero-order valence-corrected chi connectivity index (χ0v) is 20.4. The Balaban J connectivity index is 1.51. The Morgan fingerprint density at radius 2 is 1.64 bits per heavy atom. The topological polar surface area (TPSA) is 50.8 Å². The van der Waals surface area contributed by atoms with Crippen molar-refractivity contribution >= 4 is 23.0 Å². The zero-order valence-electron chi connectivity index (χ0n) is 20.4. The van der Waals surface area contributed by atoms with Crippen LogP contribution in [0.15, 0.2) is 84.9 Å². The number of methoxy groups -OCH3 is 1. The van der Waals surface area contributed by atoms with Gasteiger partial charge in [0.1, 0.15) is 30.0 Å². The molecular weight excluding hydrogens is 455 g/mol. The molecule has 0 fully saturated rings. The zero-order chi connectivity index (χ0) is 25.2. The van der Waals surface area contributed by atoms with E-state index in [0.29, 0.717) is 11.4 Å². The van der Waals surface area contributed by atoms with Gasteiger partial charge in [0.25, 0.3) is 5.91 Å². The Bertz CT molecular complexity index is 1440. The molecule has 182 valence electrons. The van der Waals surface area contributed by atoms with E-state index in [1.807, 2.05) is 68.4 Å². The number of halogens is 1. The fraction of sp³-hybridized carbons (Fsp3) is 0.167. The van der Waals surface area contributed by atoms with Crippen molar-refractivity contribution in [2.24, 2.45) is 0 Å². The molecule has 5 nitrogen and oxygen atoms in total. The number of fused-ring (bicyclic) bond motifs is 1. The average molecular weight is 483 g/mol. The van der Waals surface area contributed by atoms with E-state index < -0.39 is 11.9 Å². The lowest BCUT2D eigenvalue weighted by Crippen LogP contribution is -2.39. The number of aryl methyl sites for hydroxylation is 1.